The summed E-state index contributed by atoms with van der Waals surface area (Å²) >= 11 is 0. The second-order valence-corrected chi connectivity index (χ2v) is 18.4. The van der Waals surface area contributed by atoms with Crippen LogP contribution in [0.2, 0.25) is 0 Å². The number of hydrogen-bond acceptors (Lipinski definition) is 10. The highest BCUT2D eigenvalue weighted by atomic mass is 31.2. The molecular weight excluding hydrogens is 928 g/mol. The Morgan fingerprint density at radius 2 is 0.736 bits per heavy atom. The molecule has 0 aliphatic rings. The van der Waals surface area contributed by atoms with Crippen LogP contribution in [-0.2, 0) is 42.2 Å². The highest BCUT2D eigenvalue weighted by molar-refractivity contribution is 7.47. The second kappa shape index (κ2) is 52.7. The first-order valence-corrected chi connectivity index (χ1v) is 28.2. The maximum absolute atomic E-state index is 12.9. The molecule has 0 aliphatic heterocycles. The Morgan fingerprint density at radius 1 is 0.403 bits per heavy atom. The molecule has 72 heavy (non-hydrogen) atoms. The van der Waals surface area contributed by atoms with Crippen molar-refractivity contribution in [2.45, 2.75) is 187 Å². The maximum Gasteiger partial charge on any atom is 0.472 e. The zero-order chi connectivity index (χ0) is 52.7. The van der Waals surface area contributed by atoms with E-state index >= 15 is 0 Å². The number of carbonyl (C=O) groups excluding carboxylic acids is 3. The number of unbranched alkanes of at least 4 members (excludes halogenated alkanes) is 7. The largest absolute Gasteiger partial charge is 0.472 e. The van der Waals surface area contributed by atoms with E-state index < -0.39 is 64.4 Å². The van der Waals surface area contributed by atoms with Gasteiger partial charge in [0.25, 0.3) is 0 Å². The molecule has 0 bridgehead atoms. The number of aliphatic hydroxyl groups is 1. The van der Waals surface area contributed by atoms with E-state index in [9.17, 15) is 28.9 Å². The molecule has 0 aromatic heterocycles. The summed E-state index contributed by atoms with van der Waals surface area (Å²) in [5.74, 6) is -1.71. The van der Waals surface area contributed by atoms with Crippen LogP contribution >= 0.6 is 7.82 Å². The van der Waals surface area contributed by atoms with Crippen molar-refractivity contribution in [1.82, 2.24) is 0 Å². The lowest BCUT2D eigenvalue weighted by Gasteiger charge is -2.21. The number of rotatable bonds is 47. The standard InChI is InChI=1S/C60H93O11P/c1-4-7-10-13-16-19-22-25-28-31-34-37-40-43-46-49-58(62)67-53-57(71-60(64)51-48-45-42-39-36-33-30-27-24-21-18-15-12-9-6-3)55-69-72(65,66)68-54-56(52-61)70-59(63)50-47-44-41-38-35-32-29-26-23-20-17-14-11-8-5-2/h7-12,16-21,25-30,34,36-37,39,45,48,56-57,61H,4-6,13-15,22-24,31-33,35,38,40-44,46-47,49-55H2,1-3H3,(H,65,66)/b10-7-,11-8-,12-9-,19-16-,20-17-,21-18-,28-25-,29-26-,30-27-,37-34-,39-36-,48-45-. The Morgan fingerprint density at radius 3 is 1.18 bits per heavy atom. The van der Waals surface area contributed by atoms with Crippen LogP contribution in [0, 0.1) is 0 Å². The second-order valence-electron chi connectivity index (χ2n) is 16.9. The van der Waals surface area contributed by atoms with Crippen molar-refractivity contribution in [3.05, 3.63) is 146 Å². The molecule has 0 rings (SSSR count). The normalized spacial score (nSPS) is 14.6. The van der Waals surface area contributed by atoms with E-state index in [0.29, 0.717) is 19.3 Å². The van der Waals surface area contributed by atoms with E-state index in [-0.39, 0.29) is 19.3 Å². The predicted molar refractivity (Wildman–Crippen MR) is 297 cm³/mol. The molecule has 404 valence electrons. The number of allylic oxidation sites excluding steroid dienone is 23. The zero-order valence-electron chi connectivity index (χ0n) is 44.3. The highest BCUT2D eigenvalue weighted by Crippen LogP contribution is 2.43. The van der Waals surface area contributed by atoms with Crippen LogP contribution in [-0.4, -0.2) is 66.5 Å². The molecule has 0 saturated heterocycles. The molecular formula is C60H93O11P. The summed E-state index contributed by atoms with van der Waals surface area (Å²) in [6, 6.07) is 0. The third kappa shape index (κ3) is 50.3. The van der Waals surface area contributed by atoms with Gasteiger partial charge in [0.05, 0.1) is 26.2 Å². The van der Waals surface area contributed by atoms with Crippen LogP contribution in [0.5, 0.6) is 0 Å². The fourth-order valence-electron chi connectivity index (χ4n) is 6.32. The topological polar surface area (TPSA) is 155 Å². The molecule has 11 nitrogen and oxygen atoms in total. The van der Waals surface area contributed by atoms with E-state index in [1.54, 1.807) is 6.08 Å². The van der Waals surface area contributed by atoms with Crippen molar-refractivity contribution in [3.8, 4) is 0 Å². The molecule has 0 amide bonds. The van der Waals surface area contributed by atoms with E-state index in [1.807, 2.05) is 18.2 Å². The van der Waals surface area contributed by atoms with E-state index in [0.717, 1.165) is 116 Å². The zero-order valence-corrected chi connectivity index (χ0v) is 45.2. The smallest absolute Gasteiger partial charge is 0.462 e. The molecule has 0 aliphatic carbocycles. The van der Waals surface area contributed by atoms with Gasteiger partial charge in [0, 0.05) is 12.8 Å². The average Bonchev–Trinajstić information content (AvgIpc) is 3.37. The predicted octanol–water partition coefficient (Wildman–Crippen LogP) is 15.6. The molecule has 2 N–H and O–H groups in total. The molecule has 3 atom stereocenters. The summed E-state index contributed by atoms with van der Waals surface area (Å²) < 4.78 is 39.2. The van der Waals surface area contributed by atoms with Gasteiger partial charge in [-0.1, -0.05) is 186 Å². The summed E-state index contributed by atoms with van der Waals surface area (Å²) in [5, 5.41) is 9.79. The molecule has 0 fully saturated rings. The lowest BCUT2D eigenvalue weighted by Crippen LogP contribution is -2.30. The fourth-order valence-corrected chi connectivity index (χ4v) is 7.10. The summed E-state index contributed by atoms with van der Waals surface area (Å²) in [7, 11) is -4.79. The van der Waals surface area contributed by atoms with Crippen LogP contribution in [0.1, 0.15) is 175 Å². The minimum absolute atomic E-state index is 0.0835. The van der Waals surface area contributed by atoms with Crippen molar-refractivity contribution in [2.24, 2.45) is 0 Å². The van der Waals surface area contributed by atoms with Crippen LogP contribution in [0.3, 0.4) is 0 Å². The molecule has 3 unspecified atom stereocenters. The summed E-state index contributed by atoms with van der Waals surface area (Å²) in [5.41, 5.74) is 0. The highest BCUT2D eigenvalue weighted by Gasteiger charge is 2.28. The summed E-state index contributed by atoms with van der Waals surface area (Å²) in [4.78, 5) is 48.3. The number of aliphatic hydroxyl groups excluding tert-OH is 1. The lowest BCUT2D eigenvalue weighted by molar-refractivity contribution is -0.160. The van der Waals surface area contributed by atoms with Gasteiger partial charge >= 0.3 is 25.7 Å². The van der Waals surface area contributed by atoms with Gasteiger partial charge in [-0.15, -0.1) is 0 Å². The third-order valence-corrected chi connectivity index (χ3v) is 11.2. The van der Waals surface area contributed by atoms with Gasteiger partial charge in [0.15, 0.2) is 6.10 Å². The van der Waals surface area contributed by atoms with Gasteiger partial charge in [-0.3, -0.25) is 23.4 Å². The number of phosphoric ester groups is 1. The number of esters is 3. The van der Waals surface area contributed by atoms with E-state index in [4.69, 9.17) is 23.3 Å². The third-order valence-electron chi connectivity index (χ3n) is 10.3. The quantitative estimate of drug-likeness (QED) is 0.0197. The van der Waals surface area contributed by atoms with Crippen molar-refractivity contribution in [2.75, 3.05) is 26.4 Å². The van der Waals surface area contributed by atoms with Gasteiger partial charge in [0.2, 0.25) is 0 Å². The molecule has 0 saturated carbocycles. The summed E-state index contributed by atoms with van der Waals surface area (Å²) in [6.45, 7) is 4.08. The Kier molecular flexibility index (Phi) is 49.3. The van der Waals surface area contributed by atoms with Crippen LogP contribution in [0.25, 0.3) is 0 Å². The SMILES string of the molecule is CC/C=C\C/C=C\C/C=C\C/C=C\C/C=C\CC(=O)OC(COC(=O)CCCC/C=C\C/C=C\C/C=C\C/C=C\CC)COP(=O)(O)OCC(CO)OC(=O)CCCCCCC/C=C\C/C=C\C/C=C\CC. The lowest BCUT2D eigenvalue weighted by atomic mass is 10.1. The van der Waals surface area contributed by atoms with Crippen molar-refractivity contribution in [1.29, 1.82) is 0 Å². The molecule has 0 aromatic carbocycles. The van der Waals surface area contributed by atoms with Crippen molar-refractivity contribution >= 4 is 25.7 Å². The molecule has 0 spiro atoms. The molecule has 0 heterocycles. The van der Waals surface area contributed by atoms with E-state index in [2.05, 4.69) is 142 Å². The van der Waals surface area contributed by atoms with Crippen LogP contribution < -0.4 is 0 Å². The van der Waals surface area contributed by atoms with Crippen molar-refractivity contribution < 1.29 is 52.2 Å². The Hall–Kier alpha value is -4.64. The Balaban J connectivity index is 4.94. The van der Waals surface area contributed by atoms with Crippen LogP contribution in [0.4, 0.5) is 0 Å². The number of phosphoric acid groups is 1. The van der Waals surface area contributed by atoms with Gasteiger partial charge in [-0.05, 0) is 116 Å². The minimum atomic E-state index is -4.79. The maximum atomic E-state index is 12.9. The molecule has 0 aromatic rings. The number of hydrogen-bond donors (Lipinski definition) is 2. The Labute approximate surface area is 435 Å². The monoisotopic (exact) mass is 1020 g/mol. The fraction of sp³-hybridized carbons (Fsp3) is 0.550. The van der Waals surface area contributed by atoms with Gasteiger partial charge in [0.1, 0.15) is 12.7 Å². The summed E-state index contributed by atoms with van der Waals surface area (Å²) in [6.07, 6.45) is 67.0. The molecule has 12 heteroatoms. The first-order chi connectivity index (χ1) is 35.2. The molecule has 0 radical (unpaired) electrons. The van der Waals surface area contributed by atoms with Gasteiger partial charge in [-0.25, -0.2) is 4.57 Å². The van der Waals surface area contributed by atoms with Gasteiger partial charge < -0.3 is 24.2 Å². The van der Waals surface area contributed by atoms with E-state index in [1.165, 1.54) is 0 Å². The first kappa shape index (κ1) is 67.4. The van der Waals surface area contributed by atoms with Crippen molar-refractivity contribution in [3.63, 3.8) is 0 Å². The number of ether oxygens (including phenoxy) is 3. The van der Waals surface area contributed by atoms with Crippen LogP contribution in [0.15, 0.2) is 146 Å². The first-order valence-electron chi connectivity index (χ1n) is 26.7. The average molecular weight is 1020 g/mol. The Bertz CT molecular complexity index is 1760. The van der Waals surface area contributed by atoms with Gasteiger partial charge in [-0.2, -0.15) is 0 Å². The minimum Gasteiger partial charge on any atom is -0.462 e. The number of carbonyl (C=O) groups is 3.